The SMILES string of the molecule is Nc1nccc(CCl)c1C(F)F. The molecule has 0 bridgehead atoms. The van der Waals surface area contributed by atoms with Crippen molar-refractivity contribution in [3.8, 4) is 0 Å². The summed E-state index contributed by atoms with van der Waals surface area (Å²) in [5, 5.41) is 0. The summed E-state index contributed by atoms with van der Waals surface area (Å²) in [7, 11) is 0. The highest BCUT2D eigenvalue weighted by molar-refractivity contribution is 6.17. The van der Waals surface area contributed by atoms with E-state index in [1.807, 2.05) is 0 Å². The fraction of sp³-hybridized carbons (Fsp3) is 0.286. The van der Waals surface area contributed by atoms with Gasteiger partial charge < -0.3 is 5.73 Å². The van der Waals surface area contributed by atoms with E-state index in [4.69, 9.17) is 17.3 Å². The van der Waals surface area contributed by atoms with Gasteiger partial charge in [0.1, 0.15) is 5.82 Å². The minimum Gasteiger partial charge on any atom is -0.383 e. The van der Waals surface area contributed by atoms with Crippen LogP contribution in [0.2, 0.25) is 0 Å². The first-order chi connectivity index (χ1) is 5.66. The van der Waals surface area contributed by atoms with E-state index < -0.39 is 6.43 Å². The maximum absolute atomic E-state index is 12.3. The van der Waals surface area contributed by atoms with Gasteiger partial charge in [-0.25, -0.2) is 13.8 Å². The molecule has 2 N–H and O–H groups in total. The molecule has 1 heterocycles. The first-order valence-electron chi connectivity index (χ1n) is 3.24. The van der Waals surface area contributed by atoms with Gasteiger partial charge in [0.2, 0.25) is 0 Å². The lowest BCUT2D eigenvalue weighted by Crippen LogP contribution is -2.01. The van der Waals surface area contributed by atoms with Crippen molar-refractivity contribution in [2.75, 3.05) is 5.73 Å². The van der Waals surface area contributed by atoms with Gasteiger partial charge in [0.15, 0.2) is 0 Å². The van der Waals surface area contributed by atoms with Crippen LogP contribution in [0.1, 0.15) is 17.6 Å². The van der Waals surface area contributed by atoms with Crippen molar-refractivity contribution in [1.82, 2.24) is 4.98 Å². The number of alkyl halides is 3. The maximum Gasteiger partial charge on any atom is 0.267 e. The minimum atomic E-state index is -2.62. The van der Waals surface area contributed by atoms with Crippen molar-refractivity contribution < 1.29 is 8.78 Å². The van der Waals surface area contributed by atoms with Crippen molar-refractivity contribution in [1.29, 1.82) is 0 Å². The summed E-state index contributed by atoms with van der Waals surface area (Å²) in [5.74, 6) is -0.130. The largest absolute Gasteiger partial charge is 0.383 e. The molecule has 12 heavy (non-hydrogen) atoms. The van der Waals surface area contributed by atoms with E-state index in [0.29, 0.717) is 5.56 Å². The Balaban J connectivity index is 3.20. The summed E-state index contributed by atoms with van der Waals surface area (Å²) in [4.78, 5) is 3.55. The monoisotopic (exact) mass is 192 g/mol. The number of hydrogen-bond acceptors (Lipinski definition) is 2. The van der Waals surface area contributed by atoms with Gasteiger partial charge in [-0.1, -0.05) is 0 Å². The summed E-state index contributed by atoms with van der Waals surface area (Å²) >= 11 is 5.43. The minimum absolute atomic E-state index is 0.0202. The lowest BCUT2D eigenvalue weighted by Gasteiger charge is -2.07. The van der Waals surface area contributed by atoms with Crippen LogP contribution in [0.25, 0.3) is 0 Å². The number of aromatic nitrogens is 1. The van der Waals surface area contributed by atoms with Gasteiger partial charge in [-0.15, -0.1) is 11.6 Å². The van der Waals surface area contributed by atoms with Gasteiger partial charge in [0, 0.05) is 12.1 Å². The van der Waals surface area contributed by atoms with Gasteiger partial charge in [-0.05, 0) is 11.6 Å². The Labute approximate surface area is 73.4 Å². The molecule has 0 aliphatic carbocycles. The fourth-order valence-corrected chi connectivity index (χ4v) is 1.13. The third-order valence-corrected chi connectivity index (χ3v) is 1.76. The predicted molar refractivity (Wildman–Crippen MR) is 43.2 cm³/mol. The Morgan fingerprint density at radius 1 is 1.58 bits per heavy atom. The molecule has 0 unspecified atom stereocenters. The standard InChI is InChI=1S/C7H7ClF2N2/c8-3-4-1-2-12-7(11)5(4)6(9)10/h1-2,6H,3H2,(H2,11,12). The summed E-state index contributed by atoms with van der Waals surface area (Å²) in [5.41, 5.74) is 5.32. The Morgan fingerprint density at radius 3 is 2.67 bits per heavy atom. The Kier molecular flexibility index (Phi) is 2.81. The lowest BCUT2D eigenvalue weighted by atomic mass is 10.1. The van der Waals surface area contributed by atoms with Crippen LogP contribution in [-0.2, 0) is 5.88 Å². The lowest BCUT2D eigenvalue weighted by molar-refractivity contribution is 0.151. The molecule has 2 nitrogen and oxygen atoms in total. The number of nitrogens with zero attached hydrogens (tertiary/aromatic N) is 1. The zero-order valence-electron chi connectivity index (χ0n) is 6.10. The van der Waals surface area contributed by atoms with Crippen LogP contribution in [-0.4, -0.2) is 4.98 Å². The molecule has 0 radical (unpaired) electrons. The van der Waals surface area contributed by atoms with Gasteiger partial charge in [0.25, 0.3) is 6.43 Å². The fourth-order valence-electron chi connectivity index (χ4n) is 0.900. The van der Waals surface area contributed by atoms with Crippen molar-refractivity contribution >= 4 is 17.4 Å². The summed E-state index contributed by atoms with van der Waals surface area (Å²) in [6, 6.07) is 1.44. The van der Waals surface area contributed by atoms with E-state index in [9.17, 15) is 8.78 Å². The van der Waals surface area contributed by atoms with Crippen molar-refractivity contribution in [2.24, 2.45) is 0 Å². The highest BCUT2D eigenvalue weighted by Crippen LogP contribution is 2.27. The number of hydrogen-bond donors (Lipinski definition) is 1. The number of nitrogens with two attached hydrogens (primary N) is 1. The second-order valence-corrected chi connectivity index (χ2v) is 2.47. The van der Waals surface area contributed by atoms with Crippen LogP contribution < -0.4 is 5.73 Å². The van der Waals surface area contributed by atoms with Crippen molar-refractivity contribution in [3.63, 3.8) is 0 Å². The van der Waals surface area contributed by atoms with Gasteiger partial charge in [0.05, 0.1) is 5.56 Å². The molecule has 0 aliphatic rings. The zero-order valence-corrected chi connectivity index (χ0v) is 6.85. The first-order valence-corrected chi connectivity index (χ1v) is 3.77. The highest BCUT2D eigenvalue weighted by atomic mass is 35.5. The molecule has 1 rings (SSSR count). The topological polar surface area (TPSA) is 38.9 Å². The van der Waals surface area contributed by atoms with Crippen LogP contribution in [0.5, 0.6) is 0 Å². The second kappa shape index (κ2) is 3.67. The Morgan fingerprint density at radius 2 is 2.25 bits per heavy atom. The van der Waals surface area contributed by atoms with E-state index in [0.717, 1.165) is 0 Å². The molecule has 5 heteroatoms. The Bertz CT molecular complexity index is 278. The zero-order chi connectivity index (χ0) is 9.14. The molecule has 0 aromatic carbocycles. The molecule has 0 aliphatic heterocycles. The Hall–Kier alpha value is -0.900. The molecule has 0 saturated heterocycles. The van der Waals surface area contributed by atoms with Crippen molar-refractivity contribution in [2.45, 2.75) is 12.3 Å². The molecule has 0 atom stereocenters. The molecular weight excluding hydrogens is 186 g/mol. The first kappa shape index (κ1) is 9.19. The van der Waals surface area contributed by atoms with E-state index in [-0.39, 0.29) is 17.3 Å². The summed E-state index contributed by atoms with van der Waals surface area (Å²) in [6.45, 7) is 0. The predicted octanol–water partition coefficient (Wildman–Crippen LogP) is 2.34. The third-order valence-electron chi connectivity index (χ3n) is 1.47. The van der Waals surface area contributed by atoms with Gasteiger partial charge in [-0.3, -0.25) is 0 Å². The molecule has 1 aromatic heterocycles. The van der Waals surface area contributed by atoms with E-state index in [1.165, 1.54) is 12.3 Å². The normalized spacial score (nSPS) is 10.7. The molecular formula is C7H7ClF2N2. The molecule has 0 saturated carbocycles. The molecule has 0 fully saturated rings. The number of pyridine rings is 1. The number of halogens is 3. The molecule has 66 valence electrons. The van der Waals surface area contributed by atoms with Gasteiger partial charge >= 0.3 is 0 Å². The van der Waals surface area contributed by atoms with Crippen LogP contribution in [0.15, 0.2) is 12.3 Å². The van der Waals surface area contributed by atoms with Crippen LogP contribution in [0.3, 0.4) is 0 Å². The average Bonchev–Trinajstić information content (AvgIpc) is 2.03. The number of rotatable bonds is 2. The molecule has 0 spiro atoms. The van der Waals surface area contributed by atoms with Crippen LogP contribution >= 0.6 is 11.6 Å². The molecule has 1 aromatic rings. The van der Waals surface area contributed by atoms with Gasteiger partial charge in [-0.2, -0.15) is 0 Å². The number of nitrogen functional groups attached to an aromatic ring is 1. The van der Waals surface area contributed by atoms with E-state index >= 15 is 0 Å². The quantitative estimate of drug-likeness (QED) is 0.731. The van der Waals surface area contributed by atoms with E-state index in [1.54, 1.807) is 0 Å². The van der Waals surface area contributed by atoms with Crippen LogP contribution in [0, 0.1) is 0 Å². The molecule has 0 amide bonds. The highest BCUT2D eigenvalue weighted by Gasteiger charge is 2.16. The van der Waals surface area contributed by atoms with E-state index in [2.05, 4.69) is 4.98 Å². The van der Waals surface area contributed by atoms with Crippen LogP contribution in [0.4, 0.5) is 14.6 Å². The third kappa shape index (κ3) is 1.64. The summed E-state index contributed by atoms with van der Waals surface area (Å²) in [6.07, 6.45) is -1.26. The maximum atomic E-state index is 12.3. The summed E-state index contributed by atoms with van der Waals surface area (Å²) < 4.78 is 24.6. The average molecular weight is 193 g/mol. The smallest absolute Gasteiger partial charge is 0.267 e. The number of anilines is 1. The van der Waals surface area contributed by atoms with Crippen molar-refractivity contribution in [3.05, 3.63) is 23.4 Å². The second-order valence-electron chi connectivity index (χ2n) is 2.20.